The van der Waals surface area contributed by atoms with Crippen LogP contribution in [0.25, 0.3) is 0 Å². The van der Waals surface area contributed by atoms with E-state index in [1.165, 1.54) is 12.8 Å². The van der Waals surface area contributed by atoms with Crippen LogP contribution >= 0.6 is 0 Å². The van der Waals surface area contributed by atoms with E-state index in [0.29, 0.717) is 13.2 Å². The Morgan fingerprint density at radius 1 is 1.36 bits per heavy atom. The van der Waals surface area contributed by atoms with Crippen LogP contribution < -0.4 is 5.73 Å². The molecule has 2 fully saturated rings. The first kappa shape index (κ1) is 7.53. The first-order valence-corrected chi connectivity index (χ1v) is 4.31. The summed E-state index contributed by atoms with van der Waals surface area (Å²) >= 11 is 0. The molecule has 0 aromatic heterocycles. The van der Waals surface area contributed by atoms with Crippen LogP contribution in [0, 0.1) is 5.92 Å². The largest absolute Gasteiger partial charge is 0.377 e. The summed E-state index contributed by atoms with van der Waals surface area (Å²) in [5.41, 5.74) is 5.74. The zero-order valence-electron chi connectivity index (χ0n) is 6.66. The molecule has 2 aliphatic rings. The normalized spacial score (nSPS) is 37.9. The predicted octanol–water partition coefficient (Wildman–Crippen LogP) is 0.139. The van der Waals surface area contributed by atoms with Crippen LogP contribution in [0.1, 0.15) is 12.8 Å². The van der Waals surface area contributed by atoms with Gasteiger partial charge in [0.2, 0.25) is 0 Å². The average molecular weight is 157 g/mol. The Balaban J connectivity index is 1.67. The lowest BCUT2D eigenvalue weighted by Crippen LogP contribution is -2.35. The van der Waals surface area contributed by atoms with Crippen molar-refractivity contribution in [2.45, 2.75) is 25.0 Å². The fourth-order valence-electron chi connectivity index (χ4n) is 1.27. The maximum Gasteiger partial charge on any atom is 0.0981 e. The molecule has 64 valence electrons. The highest BCUT2D eigenvalue weighted by Gasteiger charge is 2.28. The lowest BCUT2D eigenvalue weighted by Gasteiger charge is -2.13. The highest BCUT2D eigenvalue weighted by Crippen LogP contribution is 2.29. The molecule has 1 saturated heterocycles. The topological polar surface area (TPSA) is 44.5 Å². The maximum absolute atomic E-state index is 5.74. The van der Waals surface area contributed by atoms with Crippen LogP contribution in [-0.2, 0) is 9.47 Å². The SMILES string of the molecule is N[C@H]1COC[C@H]1OCC1CC1. The van der Waals surface area contributed by atoms with E-state index < -0.39 is 0 Å². The molecule has 0 amide bonds. The molecular formula is C8H15NO2. The predicted molar refractivity (Wildman–Crippen MR) is 41.3 cm³/mol. The molecule has 2 rings (SSSR count). The molecular weight excluding hydrogens is 142 g/mol. The van der Waals surface area contributed by atoms with Gasteiger partial charge in [0.25, 0.3) is 0 Å². The number of rotatable bonds is 3. The second-order valence-electron chi connectivity index (χ2n) is 3.52. The molecule has 0 unspecified atom stereocenters. The van der Waals surface area contributed by atoms with Gasteiger partial charge in [-0.25, -0.2) is 0 Å². The smallest absolute Gasteiger partial charge is 0.0981 e. The van der Waals surface area contributed by atoms with Gasteiger partial charge in [0.15, 0.2) is 0 Å². The van der Waals surface area contributed by atoms with Crippen molar-refractivity contribution < 1.29 is 9.47 Å². The lowest BCUT2D eigenvalue weighted by molar-refractivity contribution is 0.0315. The monoisotopic (exact) mass is 157 g/mol. The van der Waals surface area contributed by atoms with E-state index in [0.717, 1.165) is 12.5 Å². The van der Waals surface area contributed by atoms with E-state index in [1.807, 2.05) is 0 Å². The molecule has 0 radical (unpaired) electrons. The standard InChI is InChI=1S/C8H15NO2/c9-7-4-10-5-8(7)11-3-6-1-2-6/h6-8H,1-5,9H2/t7-,8+/m0/s1. The van der Waals surface area contributed by atoms with Crippen molar-refractivity contribution in [3.8, 4) is 0 Å². The molecule has 0 aromatic carbocycles. The molecule has 11 heavy (non-hydrogen) atoms. The molecule has 1 aliphatic carbocycles. The van der Waals surface area contributed by atoms with Crippen molar-refractivity contribution in [1.82, 2.24) is 0 Å². The van der Waals surface area contributed by atoms with Crippen LogP contribution in [0.15, 0.2) is 0 Å². The van der Waals surface area contributed by atoms with E-state index in [1.54, 1.807) is 0 Å². The first-order chi connectivity index (χ1) is 5.36. The van der Waals surface area contributed by atoms with Crippen molar-refractivity contribution >= 4 is 0 Å². The van der Waals surface area contributed by atoms with Gasteiger partial charge in [-0.2, -0.15) is 0 Å². The molecule has 1 aliphatic heterocycles. The number of hydrogen-bond acceptors (Lipinski definition) is 3. The summed E-state index contributed by atoms with van der Waals surface area (Å²) < 4.78 is 10.8. The highest BCUT2D eigenvalue weighted by molar-refractivity contribution is 4.80. The quantitative estimate of drug-likeness (QED) is 0.633. The van der Waals surface area contributed by atoms with Crippen molar-refractivity contribution in [3.63, 3.8) is 0 Å². The van der Waals surface area contributed by atoms with Gasteiger partial charge in [-0.1, -0.05) is 0 Å². The third-order valence-corrected chi connectivity index (χ3v) is 2.31. The van der Waals surface area contributed by atoms with Crippen molar-refractivity contribution in [3.05, 3.63) is 0 Å². The number of ether oxygens (including phenoxy) is 2. The van der Waals surface area contributed by atoms with E-state index in [9.17, 15) is 0 Å². The summed E-state index contributed by atoms with van der Waals surface area (Å²) in [7, 11) is 0. The van der Waals surface area contributed by atoms with E-state index in [-0.39, 0.29) is 12.1 Å². The summed E-state index contributed by atoms with van der Waals surface area (Å²) in [4.78, 5) is 0. The van der Waals surface area contributed by atoms with Crippen molar-refractivity contribution in [2.24, 2.45) is 11.7 Å². The van der Waals surface area contributed by atoms with Crippen LogP contribution in [0.5, 0.6) is 0 Å². The van der Waals surface area contributed by atoms with Gasteiger partial charge in [-0.15, -0.1) is 0 Å². The van der Waals surface area contributed by atoms with Gasteiger partial charge in [-0.3, -0.25) is 0 Å². The van der Waals surface area contributed by atoms with Crippen LogP contribution in [0.3, 0.4) is 0 Å². The van der Waals surface area contributed by atoms with Gasteiger partial charge >= 0.3 is 0 Å². The van der Waals surface area contributed by atoms with E-state index in [4.69, 9.17) is 15.2 Å². The Morgan fingerprint density at radius 2 is 2.18 bits per heavy atom. The fourth-order valence-corrected chi connectivity index (χ4v) is 1.27. The molecule has 0 bridgehead atoms. The summed E-state index contributed by atoms with van der Waals surface area (Å²) in [5, 5.41) is 0. The first-order valence-electron chi connectivity index (χ1n) is 4.31. The zero-order chi connectivity index (χ0) is 7.68. The van der Waals surface area contributed by atoms with Crippen molar-refractivity contribution in [1.29, 1.82) is 0 Å². The minimum Gasteiger partial charge on any atom is -0.377 e. The summed E-state index contributed by atoms with van der Waals surface area (Å²) in [5.74, 6) is 0.822. The van der Waals surface area contributed by atoms with Gasteiger partial charge in [0.05, 0.1) is 25.4 Å². The van der Waals surface area contributed by atoms with Gasteiger partial charge in [0, 0.05) is 6.61 Å². The van der Waals surface area contributed by atoms with Gasteiger partial charge in [-0.05, 0) is 18.8 Å². The summed E-state index contributed by atoms with van der Waals surface area (Å²) in [6, 6.07) is 0.105. The number of hydrogen-bond donors (Lipinski definition) is 1. The molecule has 2 atom stereocenters. The molecule has 3 heteroatoms. The molecule has 0 spiro atoms. The minimum atomic E-state index is 0.105. The second kappa shape index (κ2) is 3.09. The van der Waals surface area contributed by atoms with Gasteiger partial charge in [0.1, 0.15) is 0 Å². The zero-order valence-corrected chi connectivity index (χ0v) is 6.66. The highest BCUT2D eigenvalue weighted by atomic mass is 16.5. The Kier molecular flexibility index (Phi) is 2.11. The van der Waals surface area contributed by atoms with Crippen LogP contribution in [0.2, 0.25) is 0 Å². The Bertz CT molecular complexity index is 136. The Morgan fingerprint density at radius 3 is 2.73 bits per heavy atom. The van der Waals surface area contributed by atoms with Gasteiger partial charge < -0.3 is 15.2 Å². The second-order valence-corrected chi connectivity index (χ2v) is 3.52. The fraction of sp³-hybridized carbons (Fsp3) is 1.00. The Hall–Kier alpha value is -0.120. The summed E-state index contributed by atoms with van der Waals surface area (Å²) in [6.07, 6.45) is 2.83. The molecule has 1 saturated carbocycles. The van der Waals surface area contributed by atoms with E-state index in [2.05, 4.69) is 0 Å². The van der Waals surface area contributed by atoms with Crippen molar-refractivity contribution in [2.75, 3.05) is 19.8 Å². The van der Waals surface area contributed by atoms with Crippen LogP contribution in [-0.4, -0.2) is 32.0 Å². The van der Waals surface area contributed by atoms with E-state index >= 15 is 0 Å². The minimum absolute atomic E-state index is 0.105. The van der Waals surface area contributed by atoms with Crippen LogP contribution in [0.4, 0.5) is 0 Å². The molecule has 1 heterocycles. The third kappa shape index (κ3) is 1.92. The molecule has 3 nitrogen and oxygen atoms in total. The summed E-state index contributed by atoms with van der Waals surface area (Å²) in [6.45, 7) is 2.24. The molecule has 0 aromatic rings. The number of nitrogens with two attached hydrogens (primary N) is 1. The third-order valence-electron chi connectivity index (χ3n) is 2.31. The molecule has 2 N–H and O–H groups in total. The lowest BCUT2D eigenvalue weighted by atomic mass is 10.2. The maximum atomic E-state index is 5.74. The Labute approximate surface area is 66.8 Å². The average Bonchev–Trinajstić information content (AvgIpc) is 2.73.